The zero-order valence-corrected chi connectivity index (χ0v) is 11.2. The van der Waals surface area contributed by atoms with E-state index in [2.05, 4.69) is 0 Å². The molecule has 0 radical (unpaired) electrons. The lowest BCUT2D eigenvalue weighted by Crippen LogP contribution is -1.99. The van der Waals surface area contributed by atoms with E-state index in [1.54, 1.807) is 19.9 Å². The number of hydrogen-bond donors (Lipinski definition) is 1. The van der Waals surface area contributed by atoms with Crippen LogP contribution in [-0.2, 0) is 0 Å². The van der Waals surface area contributed by atoms with Crippen LogP contribution in [0.3, 0.4) is 0 Å². The van der Waals surface area contributed by atoms with Gasteiger partial charge in [-0.2, -0.15) is 0 Å². The molecule has 0 bridgehead atoms. The Morgan fingerprint density at radius 1 is 1.05 bits per heavy atom. The predicted molar refractivity (Wildman–Crippen MR) is 73.2 cm³/mol. The second-order valence-electron chi connectivity index (χ2n) is 4.27. The van der Waals surface area contributed by atoms with Gasteiger partial charge in [-0.05, 0) is 25.5 Å². The summed E-state index contributed by atoms with van der Waals surface area (Å²) in [5, 5.41) is 0. The minimum absolute atomic E-state index is 0.0470. The number of aryl methyl sites for hydroxylation is 1. The monoisotopic (exact) mass is 279 g/mol. The Morgan fingerprint density at radius 2 is 1.80 bits per heavy atom. The summed E-state index contributed by atoms with van der Waals surface area (Å²) in [6.45, 7) is 3.84. The highest BCUT2D eigenvalue weighted by atomic mass is 19.1. The molecule has 0 spiro atoms. The Labute approximate surface area is 115 Å². The molecule has 0 unspecified atom stereocenters. The van der Waals surface area contributed by atoms with Gasteiger partial charge in [0, 0.05) is 18.2 Å². The Bertz CT molecular complexity index is 630. The van der Waals surface area contributed by atoms with Crippen LogP contribution < -0.4 is 15.2 Å². The summed E-state index contributed by atoms with van der Waals surface area (Å²) in [5.74, 6) is -0.385. The van der Waals surface area contributed by atoms with E-state index in [9.17, 15) is 8.78 Å². The molecule has 0 aromatic heterocycles. The first-order valence-electron chi connectivity index (χ1n) is 6.17. The zero-order chi connectivity index (χ0) is 14.7. The first kappa shape index (κ1) is 14.1. The van der Waals surface area contributed by atoms with Crippen molar-refractivity contribution in [3.63, 3.8) is 0 Å². The third-order valence-electron chi connectivity index (χ3n) is 2.73. The molecule has 0 heterocycles. The van der Waals surface area contributed by atoms with Gasteiger partial charge in [0.05, 0.1) is 12.3 Å². The predicted octanol–water partition coefficient (Wildman–Crippen LogP) is 4.05. The van der Waals surface area contributed by atoms with Crippen molar-refractivity contribution >= 4 is 5.69 Å². The first-order chi connectivity index (χ1) is 9.51. The summed E-state index contributed by atoms with van der Waals surface area (Å²) >= 11 is 0. The number of halogens is 2. The summed E-state index contributed by atoms with van der Waals surface area (Å²) in [7, 11) is 0. The Hall–Kier alpha value is -2.30. The van der Waals surface area contributed by atoms with Crippen LogP contribution in [0.1, 0.15) is 12.5 Å². The van der Waals surface area contributed by atoms with Crippen LogP contribution in [0, 0.1) is 18.6 Å². The lowest BCUT2D eigenvalue weighted by Gasteiger charge is -2.13. The van der Waals surface area contributed by atoms with Crippen molar-refractivity contribution in [2.45, 2.75) is 13.8 Å². The van der Waals surface area contributed by atoms with Gasteiger partial charge >= 0.3 is 0 Å². The van der Waals surface area contributed by atoms with Gasteiger partial charge in [0.15, 0.2) is 17.3 Å². The molecule has 0 saturated carbocycles. The van der Waals surface area contributed by atoms with E-state index in [0.717, 1.165) is 11.6 Å². The molecule has 2 aromatic rings. The average Bonchev–Trinajstić information content (AvgIpc) is 2.39. The number of ether oxygens (including phenoxy) is 2. The topological polar surface area (TPSA) is 44.5 Å². The molecule has 3 nitrogen and oxygen atoms in total. The molecule has 106 valence electrons. The van der Waals surface area contributed by atoms with E-state index in [1.807, 2.05) is 0 Å². The maximum Gasteiger partial charge on any atom is 0.167 e. The number of hydrogen-bond acceptors (Lipinski definition) is 3. The molecular formula is C15H15F2NO2. The first-order valence-corrected chi connectivity index (χ1v) is 6.17. The van der Waals surface area contributed by atoms with Gasteiger partial charge in [0.2, 0.25) is 0 Å². The highest BCUT2D eigenvalue weighted by Crippen LogP contribution is 2.34. The van der Waals surface area contributed by atoms with E-state index in [0.29, 0.717) is 12.4 Å². The van der Waals surface area contributed by atoms with Crippen molar-refractivity contribution in [2.75, 3.05) is 12.3 Å². The molecule has 0 aliphatic heterocycles. The van der Waals surface area contributed by atoms with Crippen molar-refractivity contribution < 1.29 is 18.3 Å². The molecule has 0 aliphatic carbocycles. The van der Waals surface area contributed by atoms with Crippen LogP contribution in [0.25, 0.3) is 0 Å². The van der Waals surface area contributed by atoms with Gasteiger partial charge in [-0.1, -0.05) is 6.07 Å². The molecule has 2 rings (SSSR count). The van der Waals surface area contributed by atoms with Gasteiger partial charge in [0.1, 0.15) is 11.6 Å². The number of nitrogens with two attached hydrogens (primary N) is 1. The fourth-order valence-electron chi connectivity index (χ4n) is 1.71. The number of anilines is 1. The van der Waals surface area contributed by atoms with Crippen LogP contribution >= 0.6 is 0 Å². The summed E-state index contributed by atoms with van der Waals surface area (Å²) < 4.78 is 37.5. The minimum atomic E-state index is -0.562. The van der Waals surface area contributed by atoms with Crippen molar-refractivity contribution in [3.8, 4) is 17.2 Å². The zero-order valence-electron chi connectivity index (χ0n) is 11.2. The van der Waals surface area contributed by atoms with Crippen LogP contribution in [0.5, 0.6) is 17.2 Å². The van der Waals surface area contributed by atoms with Crippen LogP contribution in [0.4, 0.5) is 14.5 Å². The minimum Gasteiger partial charge on any atom is -0.491 e. The van der Waals surface area contributed by atoms with Crippen molar-refractivity contribution in [3.05, 3.63) is 47.5 Å². The number of rotatable bonds is 4. The molecule has 5 heteroatoms. The van der Waals surface area contributed by atoms with E-state index in [1.165, 1.54) is 18.2 Å². The van der Waals surface area contributed by atoms with Gasteiger partial charge in [-0.3, -0.25) is 0 Å². The summed E-state index contributed by atoms with van der Waals surface area (Å²) in [6, 6.07) is 6.65. The van der Waals surface area contributed by atoms with E-state index in [4.69, 9.17) is 15.2 Å². The smallest absolute Gasteiger partial charge is 0.167 e. The van der Waals surface area contributed by atoms with Gasteiger partial charge in [0.25, 0.3) is 0 Å². The quantitative estimate of drug-likeness (QED) is 0.859. The van der Waals surface area contributed by atoms with E-state index >= 15 is 0 Å². The van der Waals surface area contributed by atoms with E-state index in [-0.39, 0.29) is 17.2 Å². The van der Waals surface area contributed by atoms with Crippen LogP contribution in [-0.4, -0.2) is 6.61 Å². The van der Waals surface area contributed by atoms with Crippen molar-refractivity contribution in [1.29, 1.82) is 0 Å². The maximum absolute atomic E-state index is 13.6. The Morgan fingerprint density at radius 3 is 2.50 bits per heavy atom. The molecule has 2 aromatic carbocycles. The summed E-state index contributed by atoms with van der Waals surface area (Å²) in [6.07, 6.45) is 0. The van der Waals surface area contributed by atoms with Gasteiger partial charge in [-0.25, -0.2) is 8.78 Å². The second kappa shape index (κ2) is 5.77. The van der Waals surface area contributed by atoms with Gasteiger partial charge < -0.3 is 15.2 Å². The lowest BCUT2D eigenvalue weighted by molar-refractivity contribution is 0.319. The largest absolute Gasteiger partial charge is 0.491 e. The molecule has 0 amide bonds. The molecule has 0 fully saturated rings. The standard InChI is InChI=1S/C15H15F2NO2/c1-3-19-14-8-15(12(18)7-11(14)17)20-13-6-10(16)5-4-9(13)2/h4-8H,3,18H2,1-2H3. The average molecular weight is 279 g/mol. The summed E-state index contributed by atoms with van der Waals surface area (Å²) in [5.41, 5.74) is 6.57. The fourth-order valence-corrected chi connectivity index (χ4v) is 1.71. The Balaban J connectivity index is 2.37. The number of benzene rings is 2. The fraction of sp³-hybridized carbons (Fsp3) is 0.200. The highest BCUT2D eigenvalue weighted by molar-refractivity contribution is 5.58. The van der Waals surface area contributed by atoms with Crippen molar-refractivity contribution in [1.82, 2.24) is 0 Å². The van der Waals surface area contributed by atoms with E-state index < -0.39 is 11.6 Å². The molecule has 20 heavy (non-hydrogen) atoms. The Kier molecular flexibility index (Phi) is 4.08. The third-order valence-corrected chi connectivity index (χ3v) is 2.73. The maximum atomic E-state index is 13.6. The lowest BCUT2D eigenvalue weighted by atomic mass is 10.2. The second-order valence-corrected chi connectivity index (χ2v) is 4.27. The normalized spacial score (nSPS) is 10.4. The molecule has 0 atom stereocenters. The van der Waals surface area contributed by atoms with Crippen molar-refractivity contribution in [2.24, 2.45) is 0 Å². The molecule has 0 aliphatic rings. The van der Waals surface area contributed by atoms with Gasteiger partial charge in [-0.15, -0.1) is 0 Å². The van der Waals surface area contributed by atoms with Crippen LogP contribution in [0.2, 0.25) is 0 Å². The molecule has 2 N–H and O–H groups in total. The molecular weight excluding hydrogens is 264 g/mol. The SMILES string of the molecule is CCOc1cc(Oc2cc(F)ccc2C)c(N)cc1F. The highest BCUT2D eigenvalue weighted by Gasteiger charge is 2.12. The number of nitrogen functional groups attached to an aromatic ring is 1. The summed E-state index contributed by atoms with van der Waals surface area (Å²) in [4.78, 5) is 0. The van der Waals surface area contributed by atoms with Crippen LogP contribution in [0.15, 0.2) is 30.3 Å². The molecule has 0 saturated heterocycles. The third kappa shape index (κ3) is 2.99.